The first-order valence-electron chi connectivity index (χ1n) is 23.6. The lowest BCUT2D eigenvalue weighted by Gasteiger charge is -2.13. The van der Waals surface area contributed by atoms with Crippen LogP contribution in [0.5, 0.6) is 0 Å². The Kier molecular flexibility index (Phi) is 9.11. The zero-order chi connectivity index (χ0) is 45.4. The molecule has 2 nitrogen and oxygen atoms in total. The van der Waals surface area contributed by atoms with E-state index in [2.05, 4.69) is 264 Å². The molecule has 14 aromatic rings. The van der Waals surface area contributed by atoms with Crippen molar-refractivity contribution in [1.29, 1.82) is 0 Å². The van der Waals surface area contributed by atoms with Crippen LogP contribution in [0.4, 0.5) is 0 Å². The molecule has 0 atom stereocenters. The minimum atomic E-state index is 1.13. The van der Waals surface area contributed by atoms with Gasteiger partial charge >= 0.3 is 0 Å². The topological polar surface area (TPSA) is 9.86 Å². The average molecular weight is 895 g/mol. The molecule has 0 aliphatic carbocycles. The van der Waals surface area contributed by atoms with Crippen LogP contribution in [0.1, 0.15) is 0 Å². The molecule has 0 N–H and O–H groups in total. The number of hydrogen-bond donors (Lipinski definition) is 0. The summed E-state index contributed by atoms with van der Waals surface area (Å²) < 4.78 is 7.57. The molecule has 0 spiro atoms. The predicted octanol–water partition coefficient (Wildman–Crippen LogP) is 18.6. The van der Waals surface area contributed by atoms with Gasteiger partial charge in [-0.15, -0.1) is 11.3 Å². The van der Waals surface area contributed by atoms with Crippen LogP contribution >= 0.6 is 11.3 Å². The summed E-state index contributed by atoms with van der Waals surface area (Å²) in [6.45, 7) is 0. The highest BCUT2D eigenvalue weighted by molar-refractivity contribution is 7.26. The quantitative estimate of drug-likeness (QED) is 0.151. The van der Waals surface area contributed by atoms with E-state index in [1.54, 1.807) is 0 Å². The van der Waals surface area contributed by atoms with E-state index in [-0.39, 0.29) is 0 Å². The lowest BCUT2D eigenvalue weighted by Crippen LogP contribution is -1.96. The van der Waals surface area contributed by atoms with Crippen LogP contribution in [0, 0.1) is 0 Å². The van der Waals surface area contributed by atoms with Gasteiger partial charge in [0.1, 0.15) is 0 Å². The summed E-state index contributed by atoms with van der Waals surface area (Å²) in [5.41, 5.74) is 19.1. The van der Waals surface area contributed by atoms with Crippen molar-refractivity contribution in [3.63, 3.8) is 0 Å². The van der Waals surface area contributed by atoms with Crippen molar-refractivity contribution in [2.45, 2.75) is 0 Å². The second-order valence-corrected chi connectivity index (χ2v) is 19.1. The molecule has 3 heterocycles. The van der Waals surface area contributed by atoms with E-state index in [0.29, 0.717) is 0 Å². The summed E-state index contributed by atoms with van der Waals surface area (Å²) in [6.07, 6.45) is 0. The number of hydrogen-bond acceptors (Lipinski definition) is 1. The van der Waals surface area contributed by atoms with Crippen molar-refractivity contribution in [1.82, 2.24) is 9.13 Å². The van der Waals surface area contributed by atoms with Crippen LogP contribution < -0.4 is 0 Å². The fourth-order valence-electron chi connectivity index (χ4n) is 10.8. The molecule has 0 saturated heterocycles. The van der Waals surface area contributed by atoms with Gasteiger partial charge < -0.3 is 9.13 Å². The number of rotatable bonds is 7. The van der Waals surface area contributed by atoms with Gasteiger partial charge in [-0.2, -0.15) is 0 Å². The number of thiophene rings is 1. The molecule has 3 aromatic heterocycles. The van der Waals surface area contributed by atoms with Crippen molar-refractivity contribution in [3.05, 3.63) is 255 Å². The predicted molar refractivity (Wildman–Crippen MR) is 295 cm³/mol. The molecule has 69 heavy (non-hydrogen) atoms. The first-order valence-corrected chi connectivity index (χ1v) is 24.5. The molecule has 0 saturated carbocycles. The molecular weight excluding hydrogens is 853 g/mol. The molecule has 322 valence electrons. The Hall–Kier alpha value is -8.76. The first kappa shape index (κ1) is 39.4. The van der Waals surface area contributed by atoms with Crippen LogP contribution in [-0.2, 0) is 0 Å². The van der Waals surface area contributed by atoms with Gasteiger partial charge in [-0.1, -0.05) is 176 Å². The third kappa shape index (κ3) is 6.54. The summed E-state index contributed by atoms with van der Waals surface area (Å²) >= 11 is 1.88. The zero-order valence-electron chi connectivity index (χ0n) is 37.6. The van der Waals surface area contributed by atoms with Gasteiger partial charge in [0, 0.05) is 53.1 Å². The maximum absolute atomic E-state index is 2.46. The lowest BCUT2D eigenvalue weighted by atomic mass is 9.97. The Balaban J connectivity index is 0.947. The Morgan fingerprint density at radius 1 is 0.232 bits per heavy atom. The molecule has 0 aliphatic rings. The number of aromatic nitrogens is 2. The van der Waals surface area contributed by atoms with E-state index in [1.807, 2.05) is 11.3 Å². The Labute approximate surface area is 403 Å². The zero-order valence-corrected chi connectivity index (χ0v) is 38.4. The van der Waals surface area contributed by atoms with Gasteiger partial charge in [0.25, 0.3) is 0 Å². The number of benzene rings is 11. The minimum Gasteiger partial charge on any atom is -0.309 e. The van der Waals surface area contributed by atoms with E-state index in [0.717, 1.165) is 11.4 Å². The van der Waals surface area contributed by atoms with Crippen LogP contribution in [0.2, 0.25) is 0 Å². The summed E-state index contributed by atoms with van der Waals surface area (Å²) in [7, 11) is 0. The van der Waals surface area contributed by atoms with Crippen molar-refractivity contribution in [2.24, 2.45) is 0 Å². The summed E-state index contributed by atoms with van der Waals surface area (Å²) in [5.74, 6) is 0. The molecule has 0 bridgehead atoms. The highest BCUT2D eigenvalue weighted by atomic mass is 32.1. The molecule has 0 aliphatic heterocycles. The summed E-state index contributed by atoms with van der Waals surface area (Å²) in [6, 6.07) is 93.8. The maximum Gasteiger partial charge on any atom is 0.0542 e. The van der Waals surface area contributed by atoms with Gasteiger partial charge in [-0.25, -0.2) is 0 Å². The van der Waals surface area contributed by atoms with Gasteiger partial charge in [-0.3, -0.25) is 0 Å². The van der Waals surface area contributed by atoms with Crippen molar-refractivity contribution in [3.8, 4) is 67.0 Å². The highest BCUT2D eigenvalue weighted by Crippen LogP contribution is 2.43. The van der Waals surface area contributed by atoms with Crippen molar-refractivity contribution in [2.75, 3.05) is 0 Å². The molecule has 0 amide bonds. The van der Waals surface area contributed by atoms with Crippen LogP contribution in [0.15, 0.2) is 255 Å². The molecule has 0 radical (unpaired) electrons. The monoisotopic (exact) mass is 894 g/mol. The summed E-state index contributed by atoms with van der Waals surface area (Å²) in [4.78, 5) is 0. The number of nitrogens with zero attached hydrogens (tertiary/aromatic N) is 2. The Morgan fingerprint density at radius 2 is 0.638 bits per heavy atom. The molecule has 0 fully saturated rings. The molecular formula is C66H42N2S. The van der Waals surface area contributed by atoms with Gasteiger partial charge in [-0.05, 0) is 134 Å². The van der Waals surface area contributed by atoms with Crippen LogP contribution in [-0.4, -0.2) is 9.13 Å². The maximum atomic E-state index is 2.46. The fraction of sp³-hybridized carbons (Fsp3) is 0. The van der Waals surface area contributed by atoms with Gasteiger partial charge in [0.15, 0.2) is 0 Å². The van der Waals surface area contributed by atoms with Crippen LogP contribution in [0.25, 0.3) is 131 Å². The third-order valence-electron chi connectivity index (χ3n) is 14.1. The second-order valence-electron chi connectivity index (χ2n) is 18.1. The smallest absolute Gasteiger partial charge is 0.0542 e. The summed E-state index contributed by atoms with van der Waals surface area (Å²) in [5, 5.41) is 7.54. The van der Waals surface area contributed by atoms with E-state index in [9.17, 15) is 0 Å². The largest absolute Gasteiger partial charge is 0.309 e. The fourth-order valence-corrected chi connectivity index (χ4v) is 12.1. The third-order valence-corrected chi connectivity index (χ3v) is 15.3. The Morgan fingerprint density at radius 3 is 1.22 bits per heavy atom. The van der Waals surface area contributed by atoms with E-state index >= 15 is 0 Å². The minimum absolute atomic E-state index is 1.13. The lowest BCUT2D eigenvalue weighted by molar-refractivity contribution is 1.17. The van der Waals surface area contributed by atoms with Gasteiger partial charge in [0.2, 0.25) is 0 Å². The normalized spacial score (nSPS) is 11.8. The standard InChI is InChI=1S/C66H42N2S/c1-4-15-43(16-5-1)48-29-33-61-57(39-48)58-40-49(44-17-6-2-7-18-44)30-34-62(58)68(61)53-32-36-64-60(42-53)59-41-50(45-19-8-3-9-20-45)31-35-63(59)67(64)52-24-13-22-47(38-52)46-21-12-23-51(37-46)54-26-14-27-56-55-25-10-11-28-65(55)69-66(54)56/h1-42H. The van der Waals surface area contributed by atoms with E-state index in [1.165, 1.54) is 119 Å². The molecule has 14 rings (SSSR count). The number of fused-ring (bicyclic) bond motifs is 9. The Bertz CT molecular complexity index is 4190. The molecule has 3 heteroatoms. The first-order chi connectivity index (χ1) is 34.2. The highest BCUT2D eigenvalue weighted by Gasteiger charge is 2.19. The van der Waals surface area contributed by atoms with Crippen LogP contribution in [0.3, 0.4) is 0 Å². The van der Waals surface area contributed by atoms with Crippen molar-refractivity contribution < 1.29 is 0 Å². The SMILES string of the molecule is c1ccc(-c2ccc3c(c2)c2cc(-c4ccccc4)ccc2n3-c2ccc3c(c2)c2cc(-c4ccccc4)ccc2n3-c2cccc(-c3cccc(-c4cccc5c4sc4ccccc45)c3)c2)cc1. The average Bonchev–Trinajstić information content (AvgIpc) is 4.08. The van der Waals surface area contributed by atoms with E-state index < -0.39 is 0 Å². The van der Waals surface area contributed by atoms with E-state index in [4.69, 9.17) is 0 Å². The second kappa shape index (κ2) is 16.0. The molecule has 0 unspecified atom stereocenters. The molecule has 11 aromatic carbocycles. The van der Waals surface area contributed by atoms with Gasteiger partial charge in [0.05, 0.1) is 22.1 Å². The van der Waals surface area contributed by atoms with Crippen molar-refractivity contribution >= 4 is 75.1 Å².